The fourth-order valence-electron chi connectivity index (χ4n) is 7.87. The van der Waals surface area contributed by atoms with E-state index in [4.69, 9.17) is 18.5 Å². The van der Waals surface area contributed by atoms with Gasteiger partial charge in [-0.3, -0.25) is 4.79 Å². The van der Waals surface area contributed by atoms with Gasteiger partial charge in [0.05, 0.1) is 29.3 Å². The van der Waals surface area contributed by atoms with Gasteiger partial charge in [-0.05, 0) is 119 Å². The highest BCUT2D eigenvalue weighted by Gasteiger charge is 2.52. The lowest BCUT2D eigenvalue weighted by atomic mass is 9.77. The topological polar surface area (TPSA) is 77.5 Å². The minimum absolute atomic E-state index is 0.0292. The van der Waals surface area contributed by atoms with Crippen molar-refractivity contribution in [2.24, 2.45) is 5.92 Å². The van der Waals surface area contributed by atoms with E-state index < -0.39 is 65.1 Å². The molecule has 0 saturated carbocycles. The lowest BCUT2D eigenvalue weighted by Crippen LogP contribution is -2.53. The van der Waals surface area contributed by atoms with Gasteiger partial charge in [0.25, 0.3) is 0 Å². The Bertz CT molecular complexity index is 2030. The molecule has 2 heterocycles. The largest absolute Gasteiger partial charge is 0.494 e. The molecule has 2 aliphatic rings. The van der Waals surface area contributed by atoms with Gasteiger partial charge in [-0.15, -0.1) is 0 Å². The van der Waals surface area contributed by atoms with Gasteiger partial charge in [0.15, 0.2) is 8.32 Å². The summed E-state index contributed by atoms with van der Waals surface area (Å²) in [5.41, 5.74) is 2.95. The predicted molar refractivity (Wildman–Crippen MR) is 231 cm³/mol. The zero-order valence-electron chi connectivity index (χ0n) is 35.4. The molecule has 4 aromatic rings. The molecule has 2 amide bonds. The smallest absolute Gasteiger partial charge is 0.446 e. The van der Waals surface area contributed by atoms with Crippen LogP contribution in [0.1, 0.15) is 75.4 Å². The number of hydrogen-bond acceptors (Lipinski definition) is 7. The van der Waals surface area contributed by atoms with Crippen LogP contribution in [0.15, 0.2) is 103 Å². The number of rotatable bonds is 14. The molecule has 6 rings (SSSR count). The highest BCUT2D eigenvalue weighted by atomic mass is 28.4. The number of halogens is 2. The van der Waals surface area contributed by atoms with Crippen molar-refractivity contribution in [2.75, 3.05) is 11.2 Å². The molecule has 308 valence electrons. The fourth-order valence-corrected chi connectivity index (χ4v) is 11.1. The first-order chi connectivity index (χ1) is 27.1. The van der Waals surface area contributed by atoms with E-state index in [2.05, 4.69) is 43.8 Å². The molecular formula is C45H57BF2N2O6Si2. The lowest BCUT2D eigenvalue weighted by Gasteiger charge is -2.47. The molecule has 13 heteroatoms. The first-order valence-electron chi connectivity index (χ1n) is 20.1. The number of carbonyl (C=O) groups is 2. The fraction of sp³-hybridized carbons (Fsp3) is 0.422. The highest BCUT2D eigenvalue weighted by molar-refractivity contribution is 6.79. The third kappa shape index (κ3) is 9.66. The summed E-state index contributed by atoms with van der Waals surface area (Å²) in [5, 5.41) is 0. The van der Waals surface area contributed by atoms with E-state index in [9.17, 15) is 13.6 Å². The van der Waals surface area contributed by atoms with Gasteiger partial charge in [0.2, 0.25) is 5.91 Å². The number of anilines is 1. The van der Waals surface area contributed by atoms with Crippen LogP contribution < -0.4 is 10.0 Å². The standard InChI is InChI=1S/C45H57BF2N2O6Si2/c1-44(2)45(3,4)56-46(55-44)34-20-16-33(17-21-34)41(50(57(5,6)7)37-26-24-36(48)25-27-37)38(28-29-40(54-58(8,9)10)32-18-22-35(47)23-19-32)42(51)49-39(30-53-43(49)52)31-14-12-11-13-15-31/h11-27,38-41H,28-30H2,1-10H3/t38-,39-,40+,41-/m1/s1. The van der Waals surface area contributed by atoms with Crippen molar-refractivity contribution in [3.63, 3.8) is 0 Å². The Hall–Kier alpha value is -4.14. The quantitative estimate of drug-likeness (QED) is 0.117. The maximum absolute atomic E-state index is 15.6. The van der Waals surface area contributed by atoms with Crippen molar-refractivity contribution in [1.29, 1.82) is 0 Å². The molecule has 2 aliphatic heterocycles. The van der Waals surface area contributed by atoms with Gasteiger partial charge in [-0.25, -0.2) is 18.5 Å². The Balaban J connectivity index is 1.51. The minimum Gasteiger partial charge on any atom is -0.446 e. The van der Waals surface area contributed by atoms with Crippen LogP contribution >= 0.6 is 0 Å². The summed E-state index contributed by atoms with van der Waals surface area (Å²) in [5.74, 6) is -1.93. The minimum atomic E-state index is -2.47. The normalized spacial score (nSPS) is 19.4. The number of carbonyl (C=O) groups excluding carboxylic acids is 2. The summed E-state index contributed by atoms with van der Waals surface area (Å²) < 4.78 is 56.3. The Labute approximate surface area is 345 Å². The highest BCUT2D eigenvalue weighted by Crippen LogP contribution is 2.44. The Morgan fingerprint density at radius 2 is 1.33 bits per heavy atom. The SMILES string of the molecule is CC1(C)OB(c2ccc([C@H]([C@@H](CC[C@H](O[Si](C)(C)C)c3ccc(F)cc3)C(=O)N3C(=O)OC[C@@H]3c3ccccc3)N(c3ccc(F)cc3)[Si](C)(C)C)cc2)OC1(C)C. The van der Waals surface area contributed by atoms with Crippen LogP contribution in [0.2, 0.25) is 39.3 Å². The van der Waals surface area contributed by atoms with Crippen molar-refractivity contribution >= 4 is 46.8 Å². The summed E-state index contributed by atoms with van der Waals surface area (Å²) in [6.45, 7) is 21.0. The molecule has 0 bridgehead atoms. The zero-order chi connectivity index (χ0) is 42.2. The van der Waals surface area contributed by atoms with Crippen LogP contribution in [0, 0.1) is 17.6 Å². The van der Waals surface area contributed by atoms with E-state index in [1.807, 2.05) is 82.3 Å². The van der Waals surface area contributed by atoms with Crippen LogP contribution in [0.5, 0.6) is 0 Å². The maximum atomic E-state index is 15.6. The molecule has 0 spiro atoms. The molecular weight excluding hydrogens is 769 g/mol. The predicted octanol–water partition coefficient (Wildman–Crippen LogP) is 10.4. The second-order valence-electron chi connectivity index (χ2n) is 18.4. The summed E-state index contributed by atoms with van der Waals surface area (Å²) in [6.07, 6.45) is -0.455. The first-order valence-corrected chi connectivity index (χ1v) is 27.0. The van der Waals surface area contributed by atoms with E-state index in [-0.39, 0.29) is 24.1 Å². The van der Waals surface area contributed by atoms with Gasteiger partial charge in [-0.2, -0.15) is 0 Å². The molecule has 0 radical (unpaired) electrons. The van der Waals surface area contributed by atoms with Crippen molar-refractivity contribution in [2.45, 2.75) is 109 Å². The number of benzene rings is 4. The third-order valence-electron chi connectivity index (χ3n) is 11.4. The molecule has 4 atom stereocenters. The number of amides is 2. The van der Waals surface area contributed by atoms with Crippen LogP contribution in [0.25, 0.3) is 0 Å². The van der Waals surface area contributed by atoms with Gasteiger partial charge in [0.1, 0.15) is 32.5 Å². The number of nitrogens with zero attached hydrogens (tertiary/aromatic N) is 2. The lowest BCUT2D eigenvalue weighted by molar-refractivity contribution is -0.134. The van der Waals surface area contributed by atoms with Crippen LogP contribution in [-0.2, 0) is 23.3 Å². The zero-order valence-corrected chi connectivity index (χ0v) is 37.4. The first kappa shape index (κ1) is 43.4. The van der Waals surface area contributed by atoms with Crippen molar-refractivity contribution in [1.82, 2.24) is 4.90 Å². The molecule has 0 N–H and O–H groups in total. The second-order valence-corrected chi connectivity index (χ2v) is 27.7. The van der Waals surface area contributed by atoms with Crippen LogP contribution in [0.4, 0.5) is 19.3 Å². The maximum Gasteiger partial charge on any atom is 0.494 e. The second kappa shape index (κ2) is 16.8. The van der Waals surface area contributed by atoms with Crippen LogP contribution in [-0.4, -0.2) is 58.4 Å². The van der Waals surface area contributed by atoms with Crippen LogP contribution in [0.3, 0.4) is 0 Å². The molecule has 2 saturated heterocycles. The number of cyclic esters (lactones) is 1. The molecule has 8 nitrogen and oxygen atoms in total. The Kier molecular flexibility index (Phi) is 12.6. The van der Waals surface area contributed by atoms with E-state index in [1.165, 1.54) is 29.2 Å². The van der Waals surface area contributed by atoms with E-state index in [0.29, 0.717) is 12.8 Å². The van der Waals surface area contributed by atoms with Crippen molar-refractivity contribution in [3.05, 3.63) is 131 Å². The molecule has 58 heavy (non-hydrogen) atoms. The van der Waals surface area contributed by atoms with Gasteiger partial charge < -0.3 is 23.0 Å². The summed E-state index contributed by atoms with van der Waals surface area (Å²) in [4.78, 5) is 30.7. The number of hydrogen-bond donors (Lipinski definition) is 0. The van der Waals surface area contributed by atoms with Gasteiger partial charge in [-0.1, -0.05) is 86.4 Å². The van der Waals surface area contributed by atoms with Gasteiger partial charge >= 0.3 is 13.2 Å². The monoisotopic (exact) mass is 826 g/mol. The molecule has 2 fully saturated rings. The van der Waals surface area contributed by atoms with Gasteiger partial charge in [0, 0.05) is 5.69 Å². The summed E-state index contributed by atoms with van der Waals surface area (Å²) in [6, 6.07) is 28.9. The molecule has 0 aromatic heterocycles. The molecule has 0 unspecified atom stereocenters. The van der Waals surface area contributed by atoms with E-state index in [1.54, 1.807) is 24.3 Å². The van der Waals surface area contributed by atoms with Crippen molar-refractivity contribution in [3.8, 4) is 0 Å². The van der Waals surface area contributed by atoms with E-state index >= 15 is 4.79 Å². The Morgan fingerprint density at radius 1 is 0.793 bits per heavy atom. The van der Waals surface area contributed by atoms with Crippen molar-refractivity contribution < 1.29 is 36.8 Å². The summed E-state index contributed by atoms with van der Waals surface area (Å²) >= 11 is 0. The molecule has 0 aliphatic carbocycles. The average Bonchev–Trinajstić information content (AvgIpc) is 3.64. The average molecular weight is 827 g/mol. The third-order valence-corrected chi connectivity index (χ3v) is 14.4. The van der Waals surface area contributed by atoms with E-state index in [0.717, 1.165) is 27.8 Å². The Morgan fingerprint density at radius 3 is 1.86 bits per heavy atom. The summed E-state index contributed by atoms with van der Waals surface area (Å²) in [7, 11) is -5.24. The number of imide groups is 1. The molecule has 4 aromatic carbocycles. The number of ether oxygens (including phenoxy) is 1.